The molecule has 0 bridgehead atoms. The van der Waals surface area contributed by atoms with Gasteiger partial charge in [0.1, 0.15) is 0 Å². The van der Waals surface area contributed by atoms with Crippen LogP contribution in [0.4, 0.5) is 0 Å². The van der Waals surface area contributed by atoms with E-state index in [9.17, 15) is 4.57 Å². The van der Waals surface area contributed by atoms with E-state index < -0.39 is 0 Å². The Morgan fingerprint density at radius 1 is 0.938 bits per heavy atom. The highest BCUT2D eigenvalue weighted by Crippen LogP contribution is 2.43. The van der Waals surface area contributed by atoms with Gasteiger partial charge in [0.25, 0.3) is 0 Å². The molecule has 0 spiro atoms. The summed E-state index contributed by atoms with van der Waals surface area (Å²) >= 11 is 0. The van der Waals surface area contributed by atoms with Crippen molar-refractivity contribution in [1.82, 2.24) is 0 Å². The van der Waals surface area contributed by atoms with Crippen LogP contribution in [0.1, 0.15) is 73.1 Å². The van der Waals surface area contributed by atoms with Crippen LogP contribution in [0.25, 0.3) is 0 Å². The maximum atomic E-state index is 11.6. The minimum atomic E-state index is -0.158. The molecule has 1 unspecified atom stereocenters. The van der Waals surface area contributed by atoms with Crippen LogP contribution < -0.4 is 0 Å². The summed E-state index contributed by atoms with van der Waals surface area (Å²) in [7, 11) is -0.158. The van der Waals surface area contributed by atoms with Gasteiger partial charge in [-0.2, -0.15) is 0 Å². The molecule has 0 aromatic carbocycles. The molecule has 0 aliphatic rings. The number of rotatable bonds is 9. The van der Waals surface area contributed by atoms with Crippen molar-refractivity contribution in [1.29, 1.82) is 0 Å². The number of hydrogen-bond acceptors (Lipinski definition) is 1. The van der Waals surface area contributed by atoms with E-state index in [0.717, 1.165) is 6.42 Å². The summed E-state index contributed by atoms with van der Waals surface area (Å²) in [5.41, 5.74) is 0. The van der Waals surface area contributed by atoms with Crippen LogP contribution in [0.2, 0.25) is 0 Å². The Hall–Kier alpha value is 0.100. The van der Waals surface area contributed by atoms with Gasteiger partial charge in [0.2, 0.25) is 0 Å². The van der Waals surface area contributed by atoms with Gasteiger partial charge in [0.15, 0.2) is 5.16 Å². The summed E-state index contributed by atoms with van der Waals surface area (Å²) < 4.78 is 11.6. The highest BCUT2D eigenvalue weighted by molar-refractivity contribution is 7.26. The third-order valence-electron chi connectivity index (χ3n) is 3.94. The second-order valence-corrected chi connectivity index (χ2v) is 6.75. The summed E-state index contributed by atoms with van der Waals surface area (Å²) in [5, 5.41) is 0.0617. The molecular weight excluding hydrogens is 215 g/mol. The Bertz CT molecular complexity index is 179. The largest absolute Gasteiger partial charge is 0.331 e. The van der Waals surface area contributed by atoms with Crippen molar-refractivity contribution in [2.24, 2.45) is 11.8 Å². The van der Waals surface area contributed by atoms with Gasteiger partial charge in [0, 0.05) is 11.8 Å². The SMILES string of the molecule is CCCCCCCC([PH+]=O)(C(C)C)C(C)C. The quantitative estimate of drug-likeness (QED) is 0.391. The topological polar surface area (TPSA) is 17.1 Å². The monoisotopic (exact) mass is 245 g/mol. The Balaban J connectivity index is 4.17. The smallest absolute Gasteiger partial charge is 0.0768 e. The van der Waals surface area contributed by atoms with E-state index >= 15 is 0 Å². The van der Waals surface area contributed by atoms with E-state index in [4.69, 9.17) is 0 Å². The molecule has 0 aromatic rings. The van der Waals surface area contributed by atoms with Crippen molar-refractivity contribution in [3.8, 4) is 0 Å². The van der Waals surface area contributed by atoms with E-state index in [-0.39, 0.29) is 13.6 Å². The normalized spacial score (nSPS) is 12.9. The maximum absolute atomic E-state index is 11.6. The van der Waals surface area contributed by atoms with Gasteiger partial charge >= 0.3 is 8.46 Å². The van der Waals surface area contributed by atoms with Gasteiger partial charge in [-0.3, -0.25) is 0 Å². The molecule has 0 rings (SSSR count). The maximum Gasteiger partial charge on any atom is 0.331 e. The standard InChI is InChI=1S/C14H29OP/c1-6-7-8-9-10-11-14(16-15,12(2)3)13(4)5/h12-13H,6-11H2,1-5H3/p+1. The molecule has 0 radical (unpaired) electrons. The molecule has 0 heterocycles. The van der Waals surface area contributed by atoms with E-state index in [1.54, 1.807) is 0 Å². The van der Waals surface area contributed by atoms with Crippen LogP contribution in [0.3, 0.4) is 0 Å². The average molecular weight is 245 g/mol. The summed E-state index contributed by atoms with van der Waals surface area (Å²) in [4.78, 5) is 0. The lowest BCUT2D eigenvalue weighted by molar-refractivity contribution is 0.294. The molecule has 1 atom stereocenters. The molecule has 16 heavy (non-hydrogen) atoms. The molecular formula is C14H30OP+. The molecule has 0 amide bonds. The second-order valence-electron chi connectivity index (χ2n) is 5.62. The van der Waals surface area contributed by atoms with Crippen molar-refractivity contribution in [2.75, 3.05) is 0 Å². The van der Waals surface area contributed by atoms with Gasteiger partial charge in [-0.25, -0.2) is 0 Å². The fourth-order valence-electron chi connectivity index (χ4n) is 2.55. The Morgan fingerprint density at radius 2 is 1.44 bits per heavy atom. The Labute approximate surface area is 104 Å². The summed E-state index contributed by atoms with van der Waals surface area (Å²) in [5.74, 6) is 1.05. The van der Waals surface area contributed by atoms with E-state index in [2.05, 4.69) is 34.6 Å². The predicted molar refractivity (Wildman–Crippen MR) is 74.8 cm³/mol. The first kappa shape index (κ1) is 16.1. The molecule has 0 aromatic heterocycles. The highest BCUT2D eigenvalue weighted by Gasteiger charge is 2.44. The van der Waals surface area contributed by atoms with Crippen molar-refractivity contribution < 1.29 is 4.57 Å². The first-order chi connectivity index (χ1) is 7.51. The van der Waals surface area contributed by atoms with Gasteiger partial charge in [-0.1, -0.05) is 64.9 Å². The Morgan fingerprint density at radius 3 is 1.81 bits per heavy atom. The lowest BCUT2D eigenvalue weighted by Gasteiger charge is -2.29. The Kier molecular flexibility index (Phi) is 8.28. The minimum absolute atomic E-state index is 0.0617. The van der Waals surface area contributed by atoms with E-state index in [0.29, 0.717) is 11.8 Å². The second kappa shape index (κ2) is 8.23. The van der Waals surface area contributed by atoms with Crippen LogP contribution in [0.5, 0.6) is 0 Å². The zero-order valence-corrected chi connectivity index (χ0v) is 12.8. The lowest BCUT2D eigenvalue weighted by Crippen LogP contribution is -2.34. The zero-order chi connectivity index (χ0) is 12.6. The number of unbranched alkanes of at least 4 members (excludes halogenated alkanes) is 4. The van der Waals surface area contributed by atoms with E-state index in [1.165, 1.54) is 32.1 Å². The predicted octanol–water partition coefficient (Wildman–Crippen LogP) is 5.42. The molecule has 96 valence electrons. The molecule has 0 aliphatic heterocycles. The van der Waals surface area contributed by atoms with Crippen LogP contribution in [0.15, 0.2) is 0 Å². The molecule has 2 heteroatoms. The molecule has 0 saturated carbocycles. The third kappa shape index (κ3) is 4.53. The van der Waals surface area contributed by atoms with Crippen molar-refractivity contribution in [3.05, 3.63) is 0 Å². The van der Waals surface area contributed by atoms with Gasteiger partial charge < -0.3 is 0 Å². The number of hydrogen-bond donors (Lipinski definition) is 0. The molecule has 0 saturated heterocycles. The lowest BCUT2D eigenvalue weighted by atomic mass is 9.80. The highest BCUT2D eigenvalue weighted by atomic mass is 31.1. The van der Waals surface area contributed by atoms with Gasteiger partial charge in [-0.15, -0.1) is 0 Å². The summed E-state index contributed by atoms with van der Waals surface area (Å²) in [6, 6.07) is 0. The molecule has 0 N–H and O–H groups in total. The van der Waals surface area contributed by atoms with Crippen molar-refractivity contribution >= 4 is 8.46 Å². The average Bonchev–Trinajstić information content (AvgIpc) is 2.22. The van der Waals surface area contributed by atoms with Crippen LogP contribution in [-0.2, 0) is 4.57 Å². The molecule has 0 fully saturated rings. The molecule has 0 aliphatic carbocycles. The first-order valence-electron chi connectivity index (χ1n) is 6.90. The van der Waals surface area contributed by atoms with Gasteiger partial charge in [-0.05, 0) is 12.8 Å². The van der Waals surface area contributed by atoms with Crippen molar-refractivity contribution in [2.45, 2.75) is 78.3 Å². The fraction of sp³-hybridized carbons (Fsp3) is 1.00. The van der Waals surface area contributed by atoms with Crippen LogP contribution >= 0.6 is 8.46 Å². The van der Waals surface area contributed by atoms with E-state index in [1.807, 2.05) is 0 Å². The van der Waals surface area contributed by atoms with Crippen LogP contribution in [-0.4, -0.2) is 5.16 Å². The zero-order valence-electron chi connectivity index (χ0n) is 11.8. The third-order valence-corrected chi connectivity index (χ3v) is 5.73. The van der Waals surface area contributed by atoms with Gasteiger partial charge in [0.05, 0.1) is 0 Å². The van der Waals surface area contributed by atoms with Crippen LogP contribution in [0, 0.1) is 11.8 Å². The fourth-order valence-corrected chi connectivity index (χ4v) is 3.30. The minimum Gasteiger partial charge on any atom is -0.0768 e. The summed E-state index contributed by atoms with van der Waals surface area (Å²) in [6.45, 7) is 11.1. The summed E-state index contributed by atoms with van der Waals surface area (Å²) in [6.07, 6.45) is 7.66. The van der Waals surface area contributed by atoms with Crippen molar-refractivity contribution in [3.63, 3.8) is 0 Å². The first-order valence-corrected chi connectivity index (χ1v) is 7.81. The molecule has 1 nitrogen and oxygen atoms in total.